The van der Waals surface area contributed by atoms with Crippen LogP contribution in [0.4, 0.5) is 0 Å². The third-order valence-corrected chi connectivity index (χ3v) is 3.95. The number of hydrogen-bond acceptors (Lipinski definition) is 3. The molecule has 1 aliphatic rings. The van der Waals surface area contributed by atoms with Crippen molar-refractivity contribution in [3.05, 3.63) is 34.9 Å². The van der Waals surface area contributed by atoms with Crippen LogP contribution in [-0.4, -0.2) is 0 Å². The van der Waals surface area contributed by atoms with E-state index in [-0.39, 0.29) is 6.04 Å². The van der Waals surface area contributed by atoms with Gasteiger partial charge in [-0.1, -0.05) is 57.2 Å². The SMILES string of the molecule is CCCCCCCC(NN)c1ccc2c(c1)COC2. The summed E-state index contributed by atoms with van der Waals surface area (Å²) in [4.78, 5) is 0. The van der Waals surface area contributed by atoms with Gasteiger partial charge in [-0.3, -0.25) is 11.3 Å². The molecule has 0 amide bonds. The van der Waals surface area contributed by atoms with Gasteiger partial charge in [0, 0.05) is 6.04 Å². The highest BCUT2D eigenvalue weighted by molar-refractivity contribution is 5.34. The van der Waals surface area contributed by atoms with Crippen LogP contribution >= 0.6 is 0 Å². The lowest BCUT2D eigenvalue weighted by molar-refractivity contribution is 0.134. The van der Waals surface area contributed by atoms with Gasteiger partial charge in [0.05, 0.1) is 13.2 Å². The molecular formula is C16H26N2O. The van der Waals surface area contributed by atoms with Crippen molar-refractivity contribution in [2.75, 3.05) is 0 Å². The van der Waals surface area contributed by atoms with Crippen molar-refractivity contribution in [3.63, 3.8) is 0 Å². The number of nitrogens with one attached hydrogen (secondary N) is 1. The first-order valence-electron chi connectivity index (χ1n) is 7.50. The van der Waals surface area contributed by atoms with Crippen molar-refractivity contribution in [1.82, 2.24) is 5.43 Å². The van der Waals surface area contributed by atoms with Gasteiger partial charge in [0.1, 0.15) is 0 Å². The van der Waals surface area contributed by atoms with E-state index < -0.39 is 0 Å². The van der Waals surface area contributed by atoms with E-state index in [0.717, 1.165) is 19.6 Å². The minimum Gasteiger partial charge on any atom is -0.372 e. The van der Waals surface area contributed by atoms with E-state index in [1.807, 2.05) is 0 Å². The lowest BCUT2D eigenvalue weighted by atomic mass is 9.97. The third-order valence-electron chi connectivity index (χ3n) is 3.95. The number of rotatable bonds is 8. The van der Waals surface area contributed by atoms with E-state index in [2.05, 4.69) is 30.5 Å². The minimum atomic E-state index is 0.271. The van der Waals surface area contributed by atoms with Gasteiger partial charge in [0.15, 0.2) is 0 Å². The fourth-order valence-electron chi connectivity index (χ4n) is 2.71. The van der Waals surface area contributed by atoms with Crippen LogP contribution in [0, 0.1) is 0 Å². The highest BCUT2D eigenvalue weighted by Gasteiger charge is 2.15. The van der Waals surface area contributed by atoms with Gasteiger partial charge >= 0.3 is 0 Å². The van der Waals surface area contributed by atoms with Crippen LogP contribution in [-0.2, 0) is 18.0 Å². The van der Waals surface area contributed by atoms with E-state index in [4.69, 9.17) is 10.6 Å². The summed E-state index contributed by atoms with van der Waals surface area (Å²) in [5.41, 5.74) is 6.90. The van der Waals surface area contributed by atoms with Gasteiger partial charge in [-0.2, -0.15) is 0 Å². The largest absolute Gasteiger partial charge is 0.372 e. The molecule has 19 heavy (non-hydrogen) atoms. The zero-order chi connectivity index (χ0) is 13.5. The van der Waals surface area contributed by atoms with E-state index in [9.17, 15) is 0 Å². The number of hydrogen-bond donors (Lipinski definition) is 2. The van der Waals surface area contributed by atoms with Crippen molar-refractivity contribution in [1.29, 1.82) is 0 Å². The molecule has 0 saturated carbocycles. The van der Waals surface area contributed by atoms with E-state index >= 15 is 0 Å². The van der Waals surface area contributed by atoms with Crippen molar-refractivity contribution in [2.45, 2.75) is 64.7 Å². The second kappa shape index (κ2) is 7.63. The lowest BCUT2D eigenvalue weighted by Crippen LogP contribution is -2.28. The Labute approximate surface area is 116 Å². The maximum Gasteiger partial charge on any atom is 0.0725 e. The first-order chi connectivity index (χ1) is 9.35. The predicted octanol–water partition coefficient (Wildman–Crippen LogP) is 3.58. The number of unbranched alkanes of at least 4 members (excludes halogenated alkanes) is 4. The number of ether oxygens (including phenoxy) is 1. The smallest absolute Gasteiger partial charge is 0.0725 e. The standard InChI is InChI=1S/C16H26N2O/c1-2-3-4-5-6-7-16(18-17)13-8-9-14-11-19-12-15(14)10-13/h8-10,16,18H,2-7,11-12,17H2,1H3. The Kier molecular flexibility index (Phi) is 5.83. The average molecular weight is 262 g/mol. The molecule has 3 heteroatoms. The Bertz CT molecular complexity index is 392. The quantitative estimate of drug-likeness (QED) is 0.427. The summed E-state index contributed by atoms with van der Waals surface area (Å²) in [6.45, 7) is 3.75. The highest BCUT2D eigenvalue weighted by atomic mass is 16.5. The molecule has 1 aromatic carbocycles. The Hall–Kier alpha value is -0.900. The zero-order valence-corrected chi connectivity index (χ0v) is 12.0. The van der Waals surface area contributed by atoms with Crippen molar-refractivity contribution >= 4 is 0 Å². The van der Waals surface area contributed by atoms with Gasteiger partial charge < -0.3 is 4.74 Å². The average Bonchev–Trinajstić information content (AvgIpc) is 2.90. The predicted molar refractivity (Wildman–Crippen MR) is 78.4 cm³/mol. The number of nitrogens with two attached hydrogens (primary N) is 1. The topological polar surface area (TPSA) is 47.3 Å². The van der Waals surface area contributed by atoms with Crippen LogP contribution in [0.5, 0.6) is 0 Å². The minimum absolute atomic E-state index is 0.271. The molecule has 3 N–H and O–H groups in total. The van der Waals surface area contributed by atoms with Crippen LogP contribution in [0.15, 0.2) is 18.2 Å². The molecular weight excluding hydrogens is 236 g/mol. The van der Waals surface area contributed by atoms with E-state index in [0.29, 0.717) is 0 Å². The molecule has 1 unspecified atom stereocenters. The fourth-order valence-corrected chi connectivity index (χ4v) is 2.71. The van der Waals surface area contributed by atoms with Crippen LogP contribution in [0.1, 0.15) is 68.2 Å². The maximum absolute atomic E-state index is 5.71. The first-order valence-corrected chi connectivity index (χ1v) is 7.50. The zero-order valence-electron chi connectivity index (χ0n) is 12.0. The van der Waals surface area contributed by atoms with Gasteiger partial charge in [0.25, 0.3) is 0 Å². The molecule has 1 heterocycles. The number of fused-ring (bicyclic) bond motifs is 1. The molecule has 0 spiro atoms. The highest BCUT2D eigenvalue weighted by Crippen LogP contribution is 2.26. The fraction of sp³-hybridized carbons (Fsp3) is 0.625. The normalized spacial score (nSPS) is 15.5. The summed E-state index contributed by atoms with van der Waals surface area (Å²) in [5, 5.41) is 0. The van der Waals surface area contributed by atoms with Crippen LogP contribution in [0.3, 0.4) is 0 Å². The molecule has 0 saturated heterocycles. The third kappa shape index (κ3) is 4.03. The van der Waals surface area contributed by atoms with Crippen molar-refractivity contribution in [3.8, 4) is 0 Å². The molecule has 0 aliphatic carbocycles. The van der Waals surface area contributed by atoms with E-state index in [1.54, 1.807) is 0 Å². The molecule has 1 aromatic rings. The number of hydrazine groups is 1. The molecule has 3 nitrogen and oxygen atoms in total. The van der Waals surface area contributed by atoms with Gasteiger partial charge in [-0.25, -0.2) is 0 Å². The summed E-state index contributed by atoms with van der Waals surface area (Å²) in [6, 6.07) is 6.88. The Morgan fingerprint density at radius 3 is 2.74 bits per heavy atom. The summed E-state index contributed by atoms with van der Waals surface area (Å²) in [5.74, 6) is 5.71. The van der Waals surface area contributed by atoms with Gasteiger partial charge in [0.2, 0.25) is 0 Å². The molecule has 1 aliphatic heterocycles. The first kappa shape index (κ1) is 14.5. The Morgan fingerprint density at radius 1 is 1.16 bits per heavy atom. The van der Waals surface area contributed by atoms with Crippen molar-refractivity contribution < 1.29 is 4.74 Å². The van der Waals surface area contributed by atoms with Gasteiger partial charge in [-0.05, 0) is 23.1 Å². The molecule has 106 valence electrons. The lowest BCUT2D eigenvalue weighted by Gasteiger charge is -2.17. The van der Waals surface area contributed by atoms with Gasteiger partial charge in [-0.15, -0.1) is 0 Å². The van der Waals surface area contributed by atoms with Crippen molar-refractivity contribution in [2.24, 2.45) is 5.84 Å². The van der Waals surface area contributed by atoms with Crippen LogP contribution in [0.25, 0.3) is 0 Å². The molecule has 2 rings (SSSR count). The van der Waals surface area contributed by atoms with Crippen LogP contribution < -0.4 is 11.3 Å². The summed E-state index contributed by atoms with van der Waals surface area (Å²) in [7, 11) is 0. The van der Waals surface area contributed by atoms with Crippen LogP contribution in [0.2, 0.25) is 0 Å². The number of benzene rings is 1. The molecule has 0 fully saturated rings. The second-order valence-electron chi connectivity index (χ2n) is 5.44. The summed E-state index contributed by atoms with van der Waals surface area (Å²) in [6.07, 6.45) is 7.63. The molecule has 0 radical (unpaired) electrons. The summed E-state index contributed by atoms with van der Waals surface area (Å²) >= 11 is 0. The second-order valence-corrected chi connectivity index (χ2v) is 5.44. The van der Waals surface area contributed by atoms with E-state index in [1.165, 1.54) is 48.8 Å². The Morgan fingerprint density at radius 2 is 1.95 bits per heavy atom. The Balaban J connectivity index is 1.86. The monoisotopic (exact) mass is 262 g/mol. The maximum atomic E-state index is 5.71. The summed E-state index contributed by atoms with van der Waals surface area (Å²) < 4.78 is 5.46. The molecule has 0 aromatic heterocycles. The molecule has 0 bridgehead atoms. The molecule has 1 atom stereocenters.